The van der Waals surface area contributed by atoms with Crippen molar-refractivity contribution in [3.05, 3.63) is 46.1 Å². The average Bonchev–Trinajstić information content (AvgIpc) is 2.52. The van der Waals surface area contributed by atoms with Gasteiger partial charge in [0.1, 0.15) is 11.5 Å². The number of halogens is 4. The second-order valence-electron chi connectivity index (χ2n) is 6.32. The fourth-order valence-corrected chi connectivity index (χ4v) is 2.92. The number of benzene rings is 1. The van der Waals surface area contributed by atoms with Crippen LogP contribution in [0.3, 0.4) is 0 Å². The lowest BCUT2D eigenvalue weighted by Crippen LogP contribution is -2.46. The Balaban J connectivity index is 2.22. The first kappa shape index (κ1) is 20.3. The SMILES string of the molecule is CCC1=NC(O)C=C(C(=O)NC(C)(C)c2ccc(C(F)(F)F)cc2Cl)N1. The topological polar surface area (TPSA) is 73.7 Å². The van der Waals surface area contributed by atoms with E-state index in [4.69, 9.17) is 11.6 Å². The molecule has 3 N–H and O–H groups in total. The molecule has 1 amide bonds. The molecule has 0 saturated heterocycles. The number of aliphatic hydroxyl groups is 1. The number of carbonyl (C=O) groups is 1. The molecule has 1 heterocycles. The molecule has 5 nitrogen and oxygen atoms in total. The molecular weight excluding hydrogens is 371 g/mol. The molecule has 2 rings (SSSR count). The molecule has 1 atom stereocenters. The minimum Gasteiger partial charge on any atom is -0.368 e. The number of hydrogen-bond acceptors (Lipinski definition) is 4. The third-order valence-corrected chi connectivity index (χ3v) is 4.17. The third kappa shape index (κ3) is 4.56. The highest BCUT2D eigenvalue weighted by Crippen LogP contribution is 2.35. The van der Waals surface area contributed by atoms with E-state index >= 15 is 0 Å². The van der Waals surface area contributed by atoms with Crippen LogP contribution in [0.25, 0.3) is 0 Å². The molecule has 0 saturated carbocycles. The lowest BCUT2D eigenvalue weighted by Gasteiger charge is -2.29. The Hall–Kier alpha value is -2.06. The number of nitrogens with zero attached hydrogens (tertiary/aromatic N) is 1. The summed E-state index contributed by atoms with van der Waals surface area (Å²) in [6.07, 6.45) is -3.89. The van der Waals surface area contributed by atoms with Crippen LogP contribution >= 0.6 is 11.6 Å². The van der Waals surface area contributed by atoms with E-state index in [0.29, 0.717) is 17.8 Å². The highest BCUT2D eigenvalue weighted by Gasteiger charge is 2.33. The predicted molar refractivity (Wildman–Crippen MR) is 92.6 cm³/mol. The summed E-state index contributed by atoms with van der Waals surface area (Å²) in [7, 11) is 0. The second-order valence-corrected chi connectivity index (χ2v) is 6.73. The largest absolute Gasteiger partial charge is 0.416 e. The van der Waals surface area contributed by atoms with Gasteiger partial charge in [-0.1, -0.05) is 24.6 Å². The molecule has 0 aliphatic carbocycles. The van der Waals surface area contributed by atoms with Gasteiger partial charge in [0.15, 0.2) is 6.23 Å². The predicted octanol–water partition coefficient (Wildman–Crippen LogP) is 3.32. The van der Waals surface area contributed by atoms with E-state index in [9.17, 15) is 23.1 Å². The first-order valence-electron chi connectivity index (χ1n) is 7.87. The Morgan fingerprint density at radius 2 is 2.04 bits per heavy atom. The van der Waals surface area contributed by atoms with Crippen molar-refractivity contribution >= 4 is 23.3 Å². The third-order valence-electron chi connectivity index (χ3n) is 3.86. The fraction of sp³-hybridized carbons (Fsp3) is 0.412. The first-order valence-corrected chi connectivity index (χ1v) is 8.25. The molecule has 0 spiro atoms. The number of hydrogen-bond donors (Lipinski definition) is 3. The fourth-order valence-electron chi connectivity index (χ4n) is 2.50. The molecule has 26 heavy (non-hydrogen) atoms. The van der Waals surface area contributed by atoms with Gasteiger partial charge in [-0.3, -0.25) is 4.79 Å². The van der Waals surface area contributed by atoms with Crippen molar-refractivity contribution < 1.29 is 23.1 Å². The zero-order valence-corrected chi connectivity index (χ0v) is 15.2. The molecular formula is C17H19ClF3N3O2. The van der Waals surface area contributed by atoms with Gasteiger partial charge in [0.25, 0.3) is 5.91 Å². The monoisotopic (exact) mass is 389 g/mol. The van der Waals surface area contributed by atoms with E-state index < -0.39 is 29.4 Å². The molecule has 1 aliphatic heterocycles. The Morgan fingerprint density at radius 1 is 1.38 bits per heavy atom. The summed E-state index contributed by atoms with van der Waals surface area (Å²) in [6.45, 7) is 5.05. The lowest BCUT2D eigenvalue weighted by molar-refractivity contribution is -0.137. The number of rotatable bonds is 4. The van der Waals surface area contributed by atoms with Crippen molar-refractivity contribution in [2.24, 2.45) is 4.99 Å². The number of amides is 1. The van der Waals surface area contributed by atoms with Gasteiger partial charge in [0.2, 0.25) is 0 Å². The van der Waals surface area contributed by atoms with Gasteiger partial charge in [0, 0.05) is 11.4 Å². The Labute approximate surface area is 154 Å². The lowest BCUT2D eigenvalue weighted by atomic mass is 9.92. The molecule has 1 unspecified atom stereocenters. The van der Waals surface area contributed by atoms with Crippen LogP contribution in [0.2, 0.25) is 5.02 Å². The summed E-state index contributed by atoms with van der Waals surface area (Å²) < 4.78 is 38.3. The summed E-state index contributed by atoms with van der Waals surface area (Å²) in [6, 6.07) is 2.98. The quantitative estimate of drug-likeness (QED) is 0.739. The molecule has 1 aromatic rings. The molecule has 0 aromatic heterocycles. The first-order chi connectivity index (χ1) is 11.9. The van der Waals surface area contributed by atoms with Crippen LogP contribution in [0.4, 0.5) is 13.2 Å². The zero-order valence-electron chi connectivity index (χ0n) is 14.4. The highest BCUT2D eigenvalue weighted by molar-refractivity contribution is 6.31. The molecule has 0 radical (unpaired) electrons. The van der Waals surface area contributed by atoms with Crippen molar-refractivity contribution in [1.82, 2.24) is 10.6 Å². The maximum absolute atomic E-state index is 12.8. The van der Waals surface area contributed by atoms with Crippen LogP contribution in [0.5, 0.6) is 0 Å². The Morgan fingerprint density at radius 3 is 2.58 bits per heavy atom. The summed E-state index contributed by atoms with van der Waals surface area (Å²) in [5.74, 6) is -0.0821. The van der Waals surface area contributed by atoms with Crippen molar-refractivity contribution in [3.63, 3.8) is 0 Å². The molecule has 142 valence electrons. The maximum atomic E-state index is 12.8. The molecule has 1 aliphatic rings. The van der Waals surface area contributed by atoms with Gasteiger partial charge in [-0.2, -0.15) is 13.2 Å². The van der Waals surface area contributed by atoms with E-state index in [1.807, 2.05) is 6.92 Å². The van der Waals surface area contributed by atoms with Gasteiger partial charge in [0.05, 0.1) is 11.1 Å². The number of amidine groups is 1. The summed E-state index contributed by atoms with van der Waals surface area (Å²) in [4.78, 5) is 16.4. The standard InChI is InChI=1S/C17H19ClF3N3O2/c1-4-13-22-12(8-14(25)23-13)15(26)24-16(2,3)10-6-5-9(7-11(10)18)17(19,20)21/h5-8,14,25H,4H2,1-3H3,(H,22,23)(H,24,26). The number of aliphatic imine (C=N–C) groups is 1. The normalized spacial score (nSPS) is 17.9. The minimum absolute atomic E-state index is 0.105. The van der Waals surface area contributed by atoms with Crippen molar-refractivity contribution in [2.75, 3.05) is 0 Å². The van der Waals surface area contributed by atoms with Gasteiger partial charge in [-0.05, 0) is 37.6 Å². The molecule has 0 bridgehead atoms. The van der Waals surface area contributed by atoms with E-state index in [1.54, 1.807) is 13.8 Å². The van der Waals surface area contributed by atoms with E-state index in [1.165, 1.54) is 12.1 Å². The van der Waals surface area contributed by atoms with Crippen LogP contribution in [0.15, 0.2) is 35.0 Å². The van der Waals surface area contributed by atoms with Gasteiger partial charge in [-0.15, -0.1) is 0 Å². The van der Waals surface area contributed by atoms with Crippen LogP contribution in [0.1, 0.15) is 38.3 Å². The van der Waals surface area contributed by atoms with Crippen LogP contribution in [0, 0.1) is 0 Å². The average molecular weight is 390 g/mol. The van der Waals surface area contributed by atoms with Gasteiger partial charge < -0.3 is 15.7 Å². The van der Waals surface area contributed by atoms with Crippen molar-refractivity contribution in [3.8, 4) is 0 Å². The molecule has 1 aromatic carbocycles. The zero-order chi connectivity index (χ0) is 19.7. The number of alkyl halides is 3. The number of nitrogens with one attached hydrogen (secondary N) is 2. The van der Waals surface area contributed by atoms with Crippen molar-refractivity contribution in [2.45, 2.75) is 45.1 Å². The van der Waals surface area contributed by atoms with Gasteiger partial charge >= 0.3 is 6.18 Å². The Kier molecular flexibility index (Phi) is 5.67. The molecule has 0 fully saturated rings. The summed E-state index contributed by atoms with van der Waals surface area (Å²) in [5.41, 5.74) is -1.47. The smallest absolute Gasteiger partial charge is 0.368 e. The Bertz CT molecular complexity index is 773. The minimum atomic E-state index is -4.50. The van der Waals surface area contributed by atoms with Gasteiger partial charge in [-0.25, -0.2) is 4.99 Å². The van der Waals surface area contributed by atoms with Crippen molar-refractivity contribution in [1.29, 1.82) is 0 Å². The second kappa shape index (κ2) is 7.28. The highest BCUT2D eigenvalue weighted by atomic mass is 35.5. The van der Waals surface area contributed by atoms with Crippen LogP contribution in [-0.2, 0) is 16.5 Å². The van der Waals surface area contributed by atoms with E-state index in [0.717, 1.165) is 12.1 Å². The number of carbonyl (C=O) groups excluding carboxylic acids is 1. The molecule has 9 heteroatoms. The van der Waals surface area contributed by atoms with Crippen LogP contribution in [-0.4, -0.2) is 23.1 Å². The van der Waals surface area contributed by atoms with E-state index in [-0.39, 0.29) is 10.7 Å². The summed E-state index contributed by atoms with van der Waals surface area (Å²) in [5, 5.41) is 15.1. The van der Waals surface area contributed by atoms with E-state index in [2.05, 4.69) is 15.6 Å². The number of aliphatic hydroxyl groups excluding tert-OH is 1. The maximum Gasteiger partial charge on any atom is 0.416 e. The summed E-state index contributed by atoms with van der Waals surface area (Å²) >= 11 is 6.02. The van der Waals surface area contributed by atoms with Crippen LogP contribution < -0.4 is 10.6 Å².